The lowest BCUT2D eigenvalue weighted by atomic mass is 9.97. The van der Waals surface area contributed by atoms with E-state index in [9.17, 15) is 20.1 Å². The van der Waals surface area contributed by atoms with Crippen LogP contribution in [-0.4, -0.2) is 79.4 Å². The number of unbranched alkanes of at least 4 members (excludes halogenated alkanes) is 1. The van der Waals surface area contributed by atoms with Gasteiger partial charge in [-0.05, 0) is 12.7 Å². The third kappa shape index (κ3) is 4.06. The van der Waals surface area contributed by atoms with E-state index in [0.717, 1.165) is 12.8 Å². The summed E-state index contributed by atoms with van der Waals surface area (Å²) in [5.41, 5.74) is -0.514. The van der Waals surface area contributed by atoms with Gasteiger partial charge in [0.1, 0.15) is 29.8 Å². The summed E-state index contributed by atoms with van der Waals surface area (Å²) in [6, 6.07) is -0.863. The maximum absolute atomic E-state index is 12.0. The molecule has 1 fully saturated rings. The number of amides is 1. The third-order valence-corrected chi connectivity index (χ3v) is 4.80. The SMILES string of the molecule is CCCCNC(=O)c1cn(C2C(O)[C@H](SC)OC(CO)[C@@H]2O)nn1. The van der Waals surface area contributed by atoms with E-state index >= 15 is 0 Å². The fraction of sp³-hybridized carbons (Fsp3) is 0.786. The van der Waals surface area contributed by atoms with Crippen LogP contribution in [-0.2, 0) is 4.74 Å². The van der Waals surface area contributed by atoms with E-state index in [4.69, 9.17) is 4.74 Å². The average Bonchev–Trinajstić information content (AvgIpc) is 3.05. The number of carbonyl (C=O) groups excluding carboxylic acids is 1. The molecule has 0 aliphatic carbocycles. The number of nitrogens with zero attached hydrogens (tertiary/aromatic N) is 3. The molecule has 9 nitrogen and oxygen atoms in total. The normalized spacial score (nSPS) is 30.3. The summed E-state index contributed by atoms with van der Waals surface area (Å²) in [4.78, 5) is 12.0. The van der Waals surface area contributed by atoms with Gasteiger partial charge in [-0.2, -0.15) is 0 Å². The second kappa shape index (κ2) is 8.77. The van der Waals surface area contributed by atoms with Crippen LogP contribution in [0.3, 0.4) is 0 Å². The van der Waals surface area contributed by atoms with E-state index in [-0.39, 0.29) is 18.2 Å². The van der Waals surface area contributed by atoms with Crippen LogP contribution in [0.2, 0.25) is 0 Å². The number of thioether (sulfide) groups is 1. The van der Waals surface area contributed by atoms with E-state index in [2.05, 4.69) is 15.6 Å². The zero-order chi connectivity index (χ0) is 17.7. The maximum atomic E-state index is 12.0. The molecule has 0 saturated carbocycles. The Bertz CT molecular complexity index is 527. The molecule has 2 rings (SSSR count). The molecule has 0 radical (unpaired) electrons. The van der Waals surface area contributed by atoms with Crippen LogP contribution < -0.4 is 5.32 Å². The van der Waals surface area contributed by atoms with Crippen molar-refractivity contribution in [1.82, 2.24) is 20.3 Å². The molecular formula is C14H24N4O5S. The van der Waals surface area contributed by atoms with Crippen molar-refractivity contribution in [3.05, 3.63) is 11.9 Å². The minimum atomic E-state index is -1.17. The number of aliphatic hydroxyl groups is 3. The van der Waals surface area contributed by atoms with E-state index in [1.165, 1.54) is 22.6 Å². The Balaban J connectivity index is 2.15. The predicted molar refractivity (Wildman–Crippen MR) is 87.6 cm³/mol. The number of carbonyl (C=O) groups is 1. The van der Waals surface area contributed by atoms with Gasteiger partial charge in [-0.1, -0.05) is 18.6 Å². The van der Waals surface area contributed by atoms with Crippen molar-refractivity contribution in [1.29, 1.82) is 0 Å². The van der Waals surface area contributed by atoms with Gasteiger partial charge in [0, 0.05) is 6.54 Å². The summed E-state index contributed by atoms with van der Waals surface area (Å²) in [5.74, 6) is -0.356. The minimum Gasteiger partial charge on any atom is -0.394 e. The number of hydrogen-bond donors (Lipinski definition) is 4. The van der Waals surface area contributed by atoms with Crippen LogP contribution in [0.1, 0.15) is 36.3 Å². The molecular weight excluding hydrogens is 336 g/mol. The largest absolute Gasteiger partial charge is 0.394 e. The van der Waals surface area contributed by atoms with E-state index in [0.29, 0.717) is 6.54 Å². The molecule has 1 aromatic heterocycles. The Labute approximate surface area is 144 Å². The first kappa shape index (κ1) is 19.1. The van der Waals surface area contributed by atoms with Gasteiger partial charge >= 0.3 is 0 Å². The highest BCUT2D eigenvalue weighted by atomic mass is 32.2. The molecule has 5 atom stereocenters. The first-order valence-corrected chi connectivity index (χ1v) is 9.17. The van der Waals surface area contributed by atoms with Gasteiger partial charge in [-0.25, -0.2) is 4.68 Å². The zero-order valence-electron chi connectivity index (χ0n) is 13.7. The second-order valence-electron chi connectivity index (χ2n) is 5.63. The van der Waals surface area contributed by atoms with E-state index in [1.54, 1.807) is 6.26 Å². The molecule has 1 aromatic rings. The van der Waals surface area contributed by atoms with Crippen LogP contribution in [0.25, 0.3) is 0 Å². The molecule has 2 heterocycles. The molecule has 0 bridgehead atoms. The number of ether oxygens (including phenoxy) is 1. The van der Waals surface area contributed by atoms with Gasteiger partial charge < -0.3 is 25.4 Å². The van der Waals surface area contributed by atoms with Crippen LogP contribution in [0.5, 0.6) is 0 Å². The molecule has 0 aromatic carbocycles. The Morgan fingerprint density at radius 3 is 2.83 bits per heavy atom. The maximum Gasteiger partial charge on any atom is 0.273 e. The van der Waals surface area contributed by atoms with E-state index in [1.807, 2.05) is 6.92 Å². The van der Waals surface area contributed by atoms with Crippen molar-refractivity contribution in [2.75, 3.05) is 19.4 Å². The summed E-state index contributed by atoms with van der Waals surface area (Å²) in [7, 11) is 0. The summed E-state index contributed by atoms with van der Waals surface area (Å²) in [5, 5.41) is 40.5. The van der Waals surface area contributed by atoms with Gasteiger partial charge in [0.15, 0.2) is 5.69 Å². The van der Waals surface area contributed by atoms with Crippen molar-refractivity contribution >= 4 is 17.7 Å². The minimum absolute atomic E-state index is 0.109. The molecule has 4 N–H and O–H groups in total. The molecule has 1 aliphatic rings. The zero-order valence-corrected chi connectivity index (χ0v) is 14.5. The molecule has 1 saturated heterocycles. The fourth-order valence-electron chi connectivity index (χ4n) is 2.57. The predicted octanol–water partition coefficient (Wildman–Crippen LogP) is -0.849. The third-order valence-electron chi connectivity index (χ3n) is 3.95. The molecule has 24 heavy (non-hydrogen) atoms. The van der Waals surface area contributed by atoms with Crippen LogP contribution in [0.15, 0.2) is 6.20 Å². The molecule has 1 aliphatic heterocycles. The number of nitrogens with one attached hydrogen (secondary N) is 1. The Hall–Kier alpha value is -1.20. The Kier molecular flexibility index (Phi) is 6.99. The van der Waals surface area contributed by atoms with Crippen molar-refractivity contribution < 1.29 is 24.9 Å². The summed E-state index contributed by atoms with van der Waals surface area (Å²) in [6.07, 6.45) is 1.89. The molecule has 136 valence electrons. The van der Waals surface area contributed by atoms with Crippen LogP contribution >= 0.6 is 11.8 Å². The standard InChI is InChI=1S/C14H24N4O5S/c1-3-4-5-15-13(22)8-6-18(17-16-8)10-11(20)9(7-19)23-14(24-2)12(10)21/h6,9-12,14,19-21H,3-5,7H2,1-2H3,(H,15,22)/t9?,10?,11-,12?,14-/m0/s1. The number of rotatable bonds is 7. The smallest absolute Gasteiger partial charge is 0.273 e. The number of hydrogen-bond acceptors (Lipinski definition) is 8. The van der Waals surface area contributed by atoms with Crippen LogP contribution in [0.4, 0.5) is 0 Å². The topological polar surface area (TPSA) is 130 Å². The van der Waals surface area contributed by atoms with Crippen molar-refractivity contribution in [2.45, 2.75) is 49.6 Å². The monoisotopic (exact) mass is 360 g/mol. The van der Waals surface area contributed by atoms with Gasteiger partial charge in [0.2, 0.25) is 0 Å². The lowest BCUT2D eigenvalue weighted by molar-refractivity contribution is -0.178. The lowest BCUT2D eigenvalue weighted by Crippen LogP contribution is -2.54. The first-order chi connectivity index (χ1) is 11.5. The Morgan fingerprint density at radius 1 is 1.46 bits per heavy atom. The highest BCUT2D eigenvalue weighted by Crippen LogP contribution is 2.33. The summed E-state index contributed by atoms with van der Waals surface area (Å²) < 4.78 is 6.72. The summed E-state index contributed by atoms with van der Waals surface area (Å²) >= 11 is 1.26. The van der Waals surface area contributed by atoms with E-state index < -0.39 is 29.8 Å². The lowest BCUT2D eigenvalue weighted by Gasteiger charge is -2.41. The number of aliphatic hydroxyl groups excluding tert-OH is 3. The van der Waals surface area contributed by atoms with Crippen LogP contribution in [0, 0.1) is 0 Å². The highest BCUT2D eigenvalue weighted by molar-refractivity contribution is 7.99. The highest BCUT2D eigenvalue weighted by Gasteiger charge is 2.45. The van der Waals surface area contributed by atoms with Crippen molar-refractivity contribution in [3.8, 4) is 0 Å². The molecule has 3 unspecified atom stereocenters. The fourth-order valence-corrected chi connectivity index (χ4v) is 3.26. The number of aromatic nitrogens is 3. The molecule has 0 spiro atoms. The second-order valence-corrected chi connectivity index (χ2v) is 6.56. The van der Waals surface area contributed by atoms with Gasteiger partial charge in [-0.15, -0.1) is 16.9 Å². The van der Waals surface area contributed by atoms with Gasteiger partial charge in [-0.3, -0.25) is 4.79 Å². The quantitative estimate of drug-likeness (QED) is 0.463. The Morgan fingerprint density at radius 2 is 2.21 bits per heavy atom. The van der Waals surface area contributed by atoms with Gasteiger partial charge in [0.05, 0.1) is 12.8 Å². The molecule has 10 heteroatoms. The van der Waals surface area contributed by atoms with Crippen molar-refractivity contribution in [3.63, 3.8) is 0 Å². The average molecular weight is 360 g/mol. The van der Waals surface area contributed by atoms with Gasteiger partial charge in [0.25, 0.3) is 5.91 Å². The molecule has 1 amide bonds. The first-order valence-electron chi connectivity index (χ1n) is 7.88. The van der Waals surface area contributed by atoms with Crippen molar-refractivity contribution in [2.24, 2.45) is 0 Å². The summed E-state index contributed by atoms with van der Waals surface area (Å²) in [6.45, 7) is 2.18.